The molecular formula is C9H15N2NaO2. The summed E-state index contributed by atoms with van der Waals surface area (Å²) in [6.07, 6.45) is 0. The maximum absolute atomic E-state index is 10.2. The molecule has 0 heterocycles. The number of likely N-dealkylation sites (N-methyl/N-ethyl adjacent to an activating group) is 1. The molecule has 0 unspecified atom stereocenters. The number of carboxylic acid groups (broad SMARTS) is 1. The average Bonchev–Trinajstić information content (AvgIpc) is 2.10. The Morgan fingerprint density at radius 1 is 1.29 bits per heavy atom. The normalized spacial score (nSPS) is 10.4. The number of carboxylic acids is 1. The molecule has 0 aliphatic heterocycles. The van der Waals surface area contributed by atoms with Crippen molar-refractivity contribution in [3.05, 3.63) is 13.8 Å². The van der Waals surface area contributed by atoms with Gasteiger partial charge in [0.2, 0.25) is 0 Å². The second-order valence-corrected chi connectivity index (χ2v) is 2.87. The first-order valence-corrected chi connectivity index (χ1v) is 4.11. The van der Waals surface area contributed by atoms with Gasteiger partial charge in [0.25, 0.3) is 0 Å². The number of rotatable bonds is 7. The van der Waals surface area contributed by atoms with Crippen LogP contribution in [0.2, 0.25) is 0 Å². The maximum atomic E-state index is 10.2. The predicted molar refractivity (Wildman–Crippen MR) is 47.5 cm³/mol. The minimum Gasteiger partial charge on any atom is -0.549 e. The number of aliphatic carboxylic acids is 1. The van der Waals surface area contributed by atoms with Crippen LogP contribution in [-0.2, 0) is 4.79 Å². The molecule has 0 saturated heterocycles. The van der Waals surface area contributed by atoms with E-state index in [1.165, 1.54) is 0 Å². The van der Waals surface area contributed by atoms with Crippen LogP contribution < -0.4 is 34.7 Å². The van der Waals surface area contributed by atoms with Gasteiger partial charge in [-0.1, -0.05) is 0 Å². The van der Waals surface area contributed by atoms with Crippen molar-refractivity contribution in [2.45, 2.75) is 0 Å². The largest absolute Gasteiger partial charge is 1.00 e. The van der Waals surface area contributed by atoms with Crippen LogP contribution in [0.1, 0.15) is 0 Å². The molecule has 0 bridgehead atoms. The van der Waals surface area contributed by atoms with Gasteiger partial charge in [0.15, 0.2) is 0 Å². The smallest absolute Gasteiger partial charge is 0.549 e. The van der Waals surface area contributed by atoms with Crippen molar-refractivity contribution in [3.63, 3.8) is 0 Å². The Morgan fingerprint density at radius 3 is 2.21 bits per heavy atom. The Hall–Kier alpha value is 0.390. The van der Waals surface area contributed by atoms with E-state index in [1.807, 2.05) is 11.9 Å². The van der Waals surface area contributed by atoms with Gasteiger partial charge in [-0.3, -0.25) is 4.90 Å². The fourth-order valence-electron chi connectivity index (χ4n) is 0.821. The molecule has 0 fully saturated rings. The molecule has 0 aliphatic rings. The summed E-state index contributed by atoms with van der Waals surface area (Å²) in [5.41, 5.74) is 0. The molecule has 4 radical (unpaired) electrons. The Balaban J connectivity index is 0. The molecule has 4 nitrogen and oxygen atoms in total. The number of carbonyl (C=O) groups excluding carboxylic acids is 1. The molecule has 5 heteroatoms. The van der Waals surface area contributed by atoms with Gasteiger partial charge < -0.3 is 14.8 Å². The number of carbonyl (C=O) groups is 1. The van der Waals surface area contributed by atoms with Gasteiger partial charge in [-0.05, 0) is 20.9 Å². The average molecular weight is 206 g/mol. The molecule has 0 aromatic carbocycles. The fourth-order valence-corrected chi connectivity index (χ4v) is 0.821. The fraction of sp³-hybridized carbons (Fsp3) is 0.667. The van der Waals surface area contributed by atoms with Gasteiger partial charge >= 0.3 is 29.6 Å². The first-order chi connectivity index (χ1) is 6.10. The summed E-state index contributed by atoms with van der Waals surface area (Å²) < 4.78 is 0. The van der Waals surface area contributed by atoms with Gasteiger partial charge in [0.05, 0.1) is 5.97 Å². The van der Waals surface area contributed by atoms with Crippen molar-refractivity contribution in [1.29, 1.82) is 0 Å². The Bertz CT molecular complexity index is 156. The van der Waals surface area contributed by atoms with E-state index < -0.39 is 5.97 Å². The van der Waals surface area contributed by atoms with Crippen molar-refractivity contribution in [3.8, 4) is 0 Å². The Morgan fingerprint density at radius 2 is 1.86 bits per heavy atom. The standard InChI is InChI=1S/C9H16N2O2.Na/c1-4-10(3)6-7-11(5-2)8-9(12)13;/h1-2H,4-8H2,3H3,(H,12,13);/q;+1/p-1. The molecule has 0 spiro atoms. The summed E-state index contributed by atoms with van der Waals surface area (Å²) in [5, 5.41) is 10.2. The van der Waals surface area contributed by atoms with Crippen LogP contribution in [-0.4, -0.2) is 55.5 Å². The Kier molecular flexibility index (Phi) is 11.9. The second kappa shape index (κ2) is 9.93. The van der Waals surface area contributed by atoms with Gasteiger partial charge in [0.1, 0.15) is 0 Å². The van der Waals surface area contributed by atoms with E-state index in [9.17, 15) is 9.90 Å². The van der Waals surface area contributed by atoms with E-state index in [2.05, 4.69) is 0 Å². The molecule has 0 rings (SSSR count). The first-order valence-electron chi connectivity index (χ1n) is 4.11. The van der Waals surface area contributed by atoms with Crippen LogP contribution in [0.5, 0.6) is 0 Å². The third kappa shape index (κ3) is 8.97. The number of hydrogen-bond acceptors (Lipinski definition) is 4. The van der Waals surface area contributed by atoms with Gasteiger partial charge in [-0.25, -0.2) is 0 Å². The molecule has 0 amide bonds. The van der Waals surface area contributed by atoms with Gasteiger partial charge in [-0.15, -0.1) is 0 Å². The third-order valence-corrected chi connectivity index (χ3v) is 1.72. The van der Waals surface area contributed by atoms with Gasteiger partial charge in [-0.2, -0.15) is 0 Å². The van der Waals surface area contributed by atoms with Crippen LogP contribution in [0.3, 0.4) is 0 Å². The van der Waals surface area contributed by atoms with E-state index in [0.717, 1.165) is 0 Å². The quantitative estimate of drug-likeness (QED) is 0.393. The number of nitrogens with zero attached hydrogens (tertiary/aromatic N) is 2. The summed E-state index contributed by atoms with van der Waals surface area (Å²) in [4.78, 5) is 13.7. The van der Waals surface area contributed by atoms with Crippen molar-refractivity contribution in [2.75, 3.05) is 39.8 Å². The third-order valence-electron chi connectivity index (χ3n) is 1.72. The number of hydrogen-bond donors (Lipinski definition) is 0. The summed E-state index contributed by atoms with van der Waals surface area (Å²) in [6, 6.07) is 0. The van der Waals surface area contributed by atoms with Crippen LogP contribution in [0, 0.1) is 13.8 Å². The molecule has 74 valence electrons. The van der Waals surface area contributed by atoms with Gasteiger partial charge in [0, 0.05) is 32.7 Å². The zero-order valence-electron chi connectivity index (χ0n) is 8.90. The molecule has 0 atom stereocenters. The van der Waals surface area contributed by atoms with Crippen molar-refractivity contribution in [2.24, 2.45) is 0 Å². The van der Waals surface area contributed by atoms with Crippen LogP contribution in [0.4, 0.5) is 0 Å². The topological polar surface area (TPSA) is 46.6 Å². The molecule has 0 aliphatic carbocycles. The SMILES string of the molecule is [CH]CN(C)CCN(C[CH])CC(=O)[O-].[Na+]. The minimum atomic E-state index is -1.11. The van der Waals surface area contributed by atoms with E-state index in [4.69, 9.17) is 13.8 Å². The van der Waals surface area contributed by atoms with E-state index in [0.29, 0.717) is 19.6 Å². The first kappa shape index (κ1) is 16.8. The van der Waals surface area contributed by atoms with Crippen LogP contribution in [0.25, 0.3) is 0 Å². The molecule has 0 aromatic heterocycles. The van der Waals surface area contributed by atoms with Crippen molar-refractivity contribution < 1.29 is 39.5 Å². The van der Waals surface area contributed by atoms with Crippen molar-refractivity contribution >= 4 is 5.97 Å². The zero-order valence-corrected chi connectivity index (χ0v) is 10.9. The maximum Gasteiger partial charge on any atom is 1.00 e. The van der Waals surface area contributed by atoms with Crippen LogP contribution >= 0.6 is 0 Å². The summed E-state index contributed by atoms with van der Waals surface area (Å²) >= 11 is 0. The summed E-state index contributed by atoms with van der Waals surface area (Å²) in [5.74, 6) is -1.11. The molecular weight excluding hydrogens is 191 g/mol. The molecule has 14 heavy (non-hydrogen) atoms. The van der Waals surface area contributed by atoms with E-state index in [1.54, 1.807) is 4.90 Å². The van der Waals surface area contributed by atoms with Crippen molar-refractivity contribution in [1.82, 2.24) is 9.80 Å². The van der Waals surface area contributed by atoms with E-state index in [-0.39, 0.29) is 42.6 Å². The predicted octanol–water partition coefficient (Wildman–Crippen LogP) is -4.60. The van der Waals surface area contributed by atoms with Crippen LogP contribution in [0.15, 0.2) is 0 Å². The summed E-state index contributed by atoms with van der Waals surface area (Å²) in [7, 11) is 1.85. The minimum absolute atomic E-state index is 0. The molecule has 0 aromatic rings. The second-order valence-electron chi connectivity index (χ2n) is 2.87. The zero-order chi connectivity index (χ0) is 10.3. The monoisotopic (exact) mass is 206 g/mol. The molecule has 0 N–H and O–H groups in total. The summed E-state index contributed by atoms with van der Waals surface area (Å²) in [6.45, 7) is 12.5. The van der Waals surface area contributed by atoms with E-state index >= 15 is 0 Å². The Labute approximate surface area is 109 Å². The molecule has 0 saturated carbocycles.